The van der Waals surface area contributed by atoms with Crippen LogP contribution in [-0.4, -0.2) is 45.6 Å². The van der Waals surface area contributed by atoms with Crippen LogP contribution in [0.2, 0.25) is 0 Å². The number of fused-ring (bicyclic) bond motifs is 1. The van der Waals surface area contributed by atoms with Gasteiger partial charge in [0.05, 0.1) is 16.6 Å². The van der Waals surface area contributed by atoms with Crippen molar-refractivity contribution in [3.05, 3.63) is 99.9 Å². The van der Waals surface area contributed by atoms with E-state index in [2.05, 4.69) is 10.3 Å². The molecule has 9 nitrogen and oxygen atoms in total. The second-order valence-corrected chi connectivity index (χ2v) is 10.8. The van der Waals surface area contributed by atoms with Crippen LogP contribution >= 0.6 is 0 Å². The molecule has 0 aliphatic carbocycles. The lowest BCUT2D eigenvalue weighted by Gasteiger charge is -2.34. The van der Waals surface area contributed by atoms with Gasteiger partial charge in [0.2, 0.25) is 5.91 Å². The summed E-state index contributed by atoms with van der Waals surface area (Å²) in [6, 6.07) is 21.6. The van der Waals surface area contributed by atoms with E-state index in [-0.39, 0.29) is 17.3 Å². The molecule has 4 aromatic rings. The molecule has 0 fully saturated rings. The number of carboxylic acid groups (broad SMARTS) is 1. The fourth-order valence-electron chi connectivity index (χ4n) is 4.76. The second kappa shape index (κ2) is 11.6. The van der Waals surface area contributed by atoms with E-state index in [0.717, 1.165) is 11.1 Å². The van der Waals surface area contributed by atoms with Crippen molar-refractivity contribution in [1.82, 2.24) is 9.88 Å². The minimum Gasteiger partial charge on any atom is -0.465 e. The van der Waals surface area contributed by atoms with Gasteiger partial charge in [0.15, 0.2) is 0 Å². The Morgan fingerprint density at radius 2 is 1.57 bits per heavy atom. The van der Waals surface area contributed by atoms with Crippen LogP contribution in [0.1, 0.15) is 37.5 Å². The van der Waals surface area contributed by atoms with Crippen molar-refractivity contribution in [1.29, 1.82) is 0 Å². The highest BCUT2D eigenvalue weighted by Crippen LogP contribution is 2.31. The molecule has 0 aliphatic rings. The average molecular weight is 543 g/mol. The molecule has 3 aromatic carbocycles. The summed E-state index contributed by atoms with van der Waals surface area (Å²) < 4.78 is 5.55. The lowest BCUT2D eigenvalue weighted by atomic mass is 10.0. The third kappa shape index (κ3) is 6.31. The van der Waals surface area contributed by atoms with Gasteiger partial charge in [-0.2, -0.15) is 4.98 Å². The fraction of sp³-hybridized carbons (Fsp3) is 0.290. The number of nitrogens with zero attached hydrogens (tertiary/aromatic N) is 3. The fourth-order valence-corrected chi connectivity index (χ4v) is 4.76. The molecule has 0 spiro atoms. The highest BCUT2D eigenvalue weighted by Gasteiger charge is 2.30. The van der Waals surface area contributed by atoms with Crippen LogP contribution in [0.4, 0.5) is 16.5 Å². The number of aromatic nitrogens is 1. The highest BCUT2D eigenvalue weighted by atomic mass is 16.4. The summed E-state index contributed by atoms with van der Waals surface area (Å²) in [5.41, 5.74) is 1.67. The van der Waals surface area contributed by atoms with Gasteiger partial charge in [0, 0.05) is 25.6 Å². The number of anilines is 2. The first kappa shape index (κ1) is 28.4. The molecule has 1 heterocycles. The molecule has 0 saturated carbocycles. The molecule has 0 saturated heterocycles. The predicted molar refractivity (Wildman–Crippen MR) is 156 cm³/mol. The van der Waals surface area contributed by atoms with Gasteiger partial charge >= 0.3 is 11.7 Å². The van der Waals surface area contributed by atoms with Gasteiger partial charge in [-0.25, -0.2) is 9.59 Å². The molecule has 4 rings (SSSR count). The van der Waals surface area contributed by atoms with Crippen molar-refractivity contribution in [2.45, 2.75) is 52.2 Å². The van der Waals surface area contributed by atoms with E-state index < -0.39 is 23.3 Å². The molecule has 208 valence electrons. The van der Waals surface area contributed by atoms with Gasteiger partial charge in [-0.05, 0) is 56.5 Å². The zero-order valence-electron chi connectivity index (χ0n) is 23.3. The van der Waals surface area contributed by atoms with Crippen molar-refractivity contribution >= 4 is 34.6 Å². The Balaban J connectivity index is 1.68. The van der Waals surface area contributed by atoms with E-state index in [1.807, 2.05) is 60.7 Å². The number of hydrogen-bond acceptors (Lipinski definition) is 6. The number of carbonyl (C=O) groups excluding carboxylic acids is 1. The van der Waals surface area contributed by atoms with Gasteiger partial charge in [0.1, 0.15) is 6.04 Å². The first-order chi connectivity index (χ1) is 19.0. The van der Waals surface area contributed by atoms with Crippen molar-refractivity contribution in [2.24, 2.45) is 0 Å². The minimum absolute atomic E-state index is 0.0852. The van der Waals surface area contributed by atoms with E-state index in [9.17, 15) is 19.5 Å². The van der Waals surface area contributed by atoms with Crippen LogP contribution in [0, 0.1) is 6.92 Å². The number of rotatable bonds is 8. The predicted octanol–water partition coefficient (Wildman–Crippen LogP) is 5.46. The standard InChI is InChI=1S/C31H34N4O5/c1-20-25(35(30(38)39)31(2,3)4)17-16-23-26(20)28(37)40-29(32-23)33-24(18-21-12-8-6-9-13-21)27(36)34(5)19-22-14-10-7-11-15-22/h6-17,24H,18-19H2,1-5H3,(H,32,33)(H,38,39)/t24-/m0/s1. The summed E-state index contributed by atoms with van der Waals surface area (Å²) in [5.74, 6) is -0.189. The Morgan fingerprint density at radius 1 is 0.975 bits per heavy atom. The van der Waals surface area contributed by atoms with E-state index in [0.29, 0.717) is 29.7 Å². The van der Waals surface area contributed by atoms with Crippen molar-refractivity contribution in [2.75, 3.05) is 17.3 Å². The lowest BCUT2D eigenvalue weighted by molar-refractivity contribution is -0.131. The molecular formula is C31H34N4O5. The molecule has 0 unspecified atom stereocenters. The van der Waals surface area contributed by atoms with Crippen LogP contribution in [0.15, 0.2) is 82.0 Å². The summed E-state index contributed by atoms with van der Waals surface area (Å²) in [7, 11) is 1.73. The van der Waals surface area contributed by atoms with Crippen molar-refractivity contribution < 1.29 is 19.1 Å². The molecule has 40 heavy (non-hydrogen) atoms. The smallest absolute Gasteiger partial charge is 0.412 e. The van der Waals surface area contributed by atoms with Crippen LogP contribution in [0.3, 0.4) is 0 Å². The Labute approximate surface area is 233 Å². The highest BCUT2D eigenvalue weighted by molar-refractivity contribution is 5.95. The summed E-state index contributed by atoms with van der Waals surface area (Å²) in [6.45, 7) is 7.41. The van der Waals surface area contributed by atoms with Gasteiger partial charge in [-0.1, -0.05) is 60.7 Å². The molecule has 1 atom stereocenters. The molecule has 9 heteroatoms. The average Bonchev–Trinajstić information content (AvgIpc) is 2.89. The minimum atomic E-state index is -1.13. The molecule has 2 N–H and O–H groups in total. The molecular weight excluding hydrogens is 508 g/mol. The number of amides is 2. The maximum Gasteiger partial charge on any atom is 0.412 e. The number of likely N-dealkylation sites (N-methyl/N-ethyl adjacent to an activating group) is 1. The first-order valence-electron chi connectivity index (χ1n) is 13.0. The third-order valence-electron chi connectivity index (χ3n) is 6.65. The van der Waals surface area contributed by atoms with Gasteiger partial charge < -0.3 is 19.7 Å². The van der Waals surface area contributed by atoms with Crippen molar-refractivity contribution in [3.63, 3.8) is 0 Å². The summed E-state index contributed by atoms with van der Waals surface area (Å²) >= 11 is 0. The molecule has 1 aromatic heterocycles. The molecule has 0 aliphatic heterocycles. The van der Waals surface area contributed by atoms with E-state index >= 15 is 0 Å². The Kier molecular flexibility index (Phi) is 8.23. The topological polar surface area (TPSA) is 116 Å². The van der Waals surface area contributed by atoms with Gasteiger partial charge in [-0.15, -0.1) is 0 Å². The number of carbonyl (C=O) groups is 2. The summed E-state index contributed by atoms with van der Waals surface area (Å²) in [6.07, 6.45) is -0.785. The van der Waals surface area contributed by atoms with Crippen LogP contribution in [-0.2, 0) is 17.8 Å². The Bertz CT molecular complexity index is 1560. The van der Waals surface area contributed by atoms with E-state index in [4.69, 9.17) is 4.42 Å². The zero-order valence-corrected chi connectivity index (χ0v) is 23.3. The Hall–Kier alpha value is -4.66. The quantitative estimate of drug-likeness (QED) is 0.304. The molecule has 2 amide bonds. The third-order valence-corrected chi connectivity index (χ3v) is 6.65. The first-order valence-corrected chi connectivity index (χ1v) is 13.0. The summed E-state index contributed by atoms with van der Waals surface area (Å²) in [4.78, 5) is 46.2. The maximum atomic E-state index is 13.6. The molecule has 0 radical (unpaired) electrons. The number of nitrogens with one attached hydrogen (secondary N) is 1. The zero-order chi connectivity index (χ0) is 29.0. The second-order valence-electron chi connectivity index (χ2n) is 10.8. The van der Waals surface area contributed by atoms with Gasteiger partial charge in [0.25, 0.3) is 6.01 Å². The van der Waals surface area contributed by atoms with Crippen LogP contribution < -0.4 is 15.8 Å². The monoisotopic (exact) mass is 542 g/mol. The number of benzene rings is 3. The normalized spacial score (nSPS) is 12.1. The SMILES string of the molecule is Cc1c(N(C(=O)O)C(C)(C)C)ccc2nc(N[C@@H](Cc3ccccc3)C(=O)N(C)Cc3ccccc3)oc(=O)c12. The Morgan fingerprint density at radius 3 is 2.15 bits per heavy atom. The number of hydrogen-bond donors (Lipinski definition) is 2. The number of aryl methyl sites for hydroxylation is 1. The van der Waals surface area contributed by atoms with Crippen molar-refractivity contribution in [3.8, 4) is 0 Å². The summed E-state index contributed by atoms with van der Waals surface area (Å²) in [5, 5.41) is 13.1. The van der Waals surface area contributed by atoms with Crippen LogP contribution in [0.5, 0.6) is 0 Å². The lowest BCUT2D eigenvalue weighted by Crippen LogP contribution is -2.45. The van der Waals surface area contributed by atoms with Crippen LogP contribution in [0.25, 0.3) is 10.9 Å². The van der Waals surface area contributed by atoms with Gasteiger partial charge in [-0.3, -0.25) is 9.69 Å². The molecule has 0 bridgehead atoms. The largest absolute Gasteiger partial charge is 0.465 e. The van der Waals surface area contributed by atoms with E-state index in [1.54, 1.807) is 51.8 Å². The maximum absolute atomic E-state index is 13.6. The van der Waals surface area contributed by atoms with E-state index in [1.165, 1.54) is 4.90 Å².